The maximum Gasteiger partial charge on any atom is 0.182 e. The van der Waals surface area contributed by atoms with E-state index < -0.39 is 0 Å². The molecule has 0 bridgehead atoms. The van der Waals surface area contributed by atoms with Crippen LogP contribution in [0.15, 0.2) is 48.5 Å². The van der Waals surface area contributed by atoms with Crippen LogP contribution >= 0.6 is 0 Å². The van der Waals surface area contributed by atoms with Gasteiger partial charge < -0.3 is 9.64 Å². The molecule has 0 atom stereocenters. The number of hydrogen-bond donors (Lipinski definition) is 0. The van der Waals surface area contributed by atoms with Crippen LogP contribution in [-0.4, -0.2) is 26.0 Å². The van der Waals surface area contributed by atoms with E-state index in [1.807, 2.05) is 6.92 Å². The first-order valence-corrected chi connectivity index (χ1v) is 6.83. The van der Waals surface area contributed by atoms with Crippen molar-refractivity contribution in [1.29, 1.82) is 0 Å². The molecule has 110 valence electrons. The summed E-state index contributed by atoms with van der Waals surface area (Å²) in [6, 6.07) is 13.2. The molecule has 3 nitrogen and oxygen atoms in total. The van der Waals surface area contributed by atoms with Crippen LogP contribution in [0.25, 0.3) is 0 Å². The first kappa shape index (κ1) is 15.0. The van der Waals surface area contributed by atoms with Gasteiger partial charge in [-0.15, -0.1) is 0 Å². The fourth-order valence-corrected chi connectivity index (χ4v) is 2.02. The van der Waals surface area contributed by atoms with Crippen LogP contribution in [0.1, 0.15) is 17.3 Å². The summed E-state index contributed by atoms with van der Waals surface area (Å²) in [5, 5.41) is 0. The molecule has 0 heterocycles. The average Bonchev–Trinajstić information content (AvgIpc) is 2.48. The highest BCUT2D eigenvalue weighted by atomic mass is 19.1. The number of hydrogen-bond acceptors (Lipinski definition) is 3. The van der Waals surface area contributed by atoms with Gasteiger partial charge in [0.05, 0.1) is 13.2 Å². The molecule has 0 aliphatic heterocycles. The molecule has 2 aromatic carbocycles. The normalized spacial score (nSPS) is 10.2. The minimum atomic E-state index is -0.312. The molecule has 0 aliphatic rings. The molecule has 0 aromatic heterocycles. The van der Waals surface area contributed by atoms with Crippen LogP contribution in [0.5, 0.6) is 5.75 Å². The Hall–Kier alpha value is -2.36. The SMILES string of the molecule is CCOc1ccc(C(=O)CN(C)c2cccc(F)c2)cc1. The quantitative estimate of drug-likeness (QED) is 0.761. The Morgan fingerprint density at radius 2 is 1.90 bits per heavy atom. The predicted octanol–water partition coefficient (Wildman–Crippen LogP) is 3.54. The van der Waals surface area contributed by atoms with Gasteiger partial charge in [-0.25, -0.2) is 4.39 Å². The summed E-state index contributed by atoms with van der Waals surface area (Å²) in [5.74, 6) is 0.408. The lowest BCUT2D eigenvalue weighted by atomic mass is 10.1. The number of Topliss-reactive ketones (excluding diaryl/α,β-unsaturated/α-hetero) is 1. The van der Waals surface area contributed by atoms with Crippen molar-refractivity contribution in [2.45, 2.75) is 6.92 Å². The van der Waals surface area contributed by atoms with Gasteiger partial charge >= 0.3 is 0 Å². The van der Waals surface area contributed by atoms with Gasteiger partial charge in [-0.3, -0.25) is 4.79 Å². The van der Waals surface area contributed by atoms with E-state index >= 15 is 0 Å². The van der Waals surface area contributed by atoms with E-state index in [-0.39, 0.29) is 18.1 Å². The van der Waals surface area contributed by atoms with Crippen molar-refractivity contribution in [2.75, 3.05) is 25.1 Å². The smallest absolute Gasteiger partial charge is 0.182 e. The van der Waals surface area contributed by atoms with Crippen molar-refractivity contribution in [3.63, 3.8) is 0 Å². The van der Waals surface area contributed by atoms with E-state index in [1.54, 1.807) is 48.3 Å². The Morgan fingerprint density at radius 1 is 1.19 bits per heavy atom. The summed E-state index contributed by atoms with van der Waals surface area (Å²) in [6.07, 6.45) is 0. The van der Waals surface area contributed by atoms with Crippen LogP contribution in [0.2, 0.25) is 0 Å². The topological polar surface area (TPSA) is 29.5 Å². The van der Waals surface area contributed by atoms with Crippen molar-refractivity contribution >= 4 is 11.5 Å². The Balaban J connectivity index is 2.03. The van der Waals surface area contributed by atoms with Crippen molar-refractivity contribution < 1.29 is 13.9 Å². The minimum absolute atomic E-state index is 0.0233. The average molecular weight is 287 g/mol. The van der Waals surface area contributed by atoms with E-state index in [1.165, 1.54) is 12.1 Å². The van der Waals surface area contributed by atoms with Crippen molar-refractivity contribution in [1.82, 2.24) is 0 Å². The number of anilines is 1. The summed E-state index contributed by atoms with van der Waals surface area (Å²) in [4.78, 5) is 13.9. The third-order valence-corrected chi connectivity index (χ3v) is 3.12. The Kier molecular flexibility index (Phi) is 4.93. The van der Waals surface area contributed by atoms with Crippen molar-refractivity contribution in [3.05, 3.63) is 59.9 Å². The zero-order valence-electron chi connectivity index (χ0n) is 12.2. The van der Waals surface area contributed by atoms with Crippen molar-refractivity contribution in [3.8, 4) is 5.75 Å². The summed E-state index contributed by atoms with van der Waals surface area (Å²) in [7, 11) is 1.77. The third kappa shape index (κ3) is 4.05. The molecule has 0 unspecified atom stereocenters. The van der Waals surface area contributed by atoms with Crippen molar-refractivity contribution in [2.24, 2.45) is 0 Å². The molecule has 0 N–H and O–H groups in total. The van der Waals surface area contributed by atoms with Crippen LogP contribution in [-0.2, 0) is 0 Å². The highest BCUT2D eigenvalue weighted by Crippen LogP contribution is 2.16. The van der Waals surface area contributed by atoms with E-state index in [0.717, 1.165) is 5.75 Å². The molecule has 0 spiro atoms. The molecule has 0 amide bonds. The molecule has 0 fully saturated rings. The summed E-state index contributed by atoms with van der Waals surface area (Å²) < 4.78 is 18.5. The zero-order chi connectivity index (χ0) is 15.2. The molecule has 0 aliphatic carbocycles. The molecule has 21 heavy (non-hydrogen) atoms. The number of carbonyl (C=O) groups is 1. The number of halogens is 1. The van der Waals surface area contributed by atoms with Crippen LogP contribution < -0.4 is 9.64 Å². The lowest BCUT2D eigenvalue weighted by molar-refractivity contribution is 0.100. The van der Waals surface area contributed by atoms with E-state index in [0.29, 0.717) is 17.9 Å². The monoisotopic (exact) mass is 287 g/mol. The van der Waals surface area contributed by atoms with E-state index in [2.05, 4.69) is 0 Å². The largest absolute Gasteiger partial charge is 0.494 e. The van der Waals surface area contributed by atoms with Gasteiger partial charge in [0.2, 0.25) is 0 Å². The van der Waals surface area contributed by atoms with E-state index in [4.69, 9.17) is 4.74 Å². The molecule has 0 saturated carbocycles. The number of rotatable bonds is 6. The molecule has 2 aromatic rings. The lowest BCUT2D eigenvalue weighted by Crippen LogP contribution is -2.25. The lowest BCUT2D eigenvalue weighted by Gasteiger charge is -2.18. The van der Waals surface area contributed by atoms with Gasteiger partial charge in [0.25, 0.3) is 0 Å². The van der Waals surface area contributed by atoms with Crippen LogP contribution in [0, 0.1) is 5.82 Å². The molecule has 0 radical (unpaired) electrons. The van der Waals surface area contributed by atoms with E-state index in [9.17, 15) is 9.18 Å². The second kappa shape index (κ2) is 6.88. The van der Waals surface area contributed by atoms with Gasteiger partial charge in [0.1, 0.15) is 11.6 Å². The molecular formula is C17H18FNO2. The van der Waals surface area contributed by atoms with Gasteiger partial charge in [-0.1, -0.05) is 6.07 Å². The van der Waals surface area contributed by atoms with Gasteiger partial charge in [0, 0.05) is 18.3 Å². The highest BCUT2D eigenvalue weighted by Gasteiger charge is 2.10. The second-order valence-electron chi connectivity index (χ2n) is 4.72. The number of ether oxygens (including phenoxy) is 1. The van der Waals surface area contributed by atoms with Gasteiger partial charge in [-0.2, -0.15) is 0 Å². The van der Waals surface area contributed by atoms with Gasteiger partial charge in [-0.05, 0) is 49.4 Å². The Labute approximate surface area is 124 Å². The van der Waals surface area contributed by atoms with Crippen LogP contribution in [0.4, 0.5) is 10.1 Å². The Bertz CT molecular complexity index is 610. The Morgan fingerprint density at radius 3 is 2.52 bits per heavy atom. The predicted molar refractivity (Wildman–Crippen MR) is 81.6 cm³/mol. The maximum atomic E-state index is 13.2. The molecule has 0 saturated heterocycles. The van der Waals surface area contributed by atoms with Crippen LogP contribution in [0.3, 0.4) is 0 Å². The molecule has 4 heteroatoms. The zero-order valence-corrected chi connectivity index (χ0v) is 12.2. The first-order valence-electron chi connectivity index (χ1n) is 6.83. The fourth-order valence-electron chi connectivity index (χ4n) is 2.02. The highest BCUT2D eigenvalue weighted by molar-refractivity contribution is 5.99. The number of carbonyl (C=O) groups excluding carboxylic acids is 1. The minimum Gasteiger partial charge on any atom is -0.494 e. The molecular weight excluding hydrogens is 269 g/mol. The first-order chi connectivity index (χ1) is 10.1. The number of likely N-dealkylation sites (N-methyl/N-ethyl adjacent to an activating group) is 1. The second-order valence-corrected chi connectivity index (χ2v) is 4.72. The van der Waals surface area contributed by atoms with Gasteiger partial charge in [0.15, 0.2) is 5.78 Å². The fraction of sp³-hybridized carbons (Fsp3) is 0.235. The maximum absolute atomic E-state index is 13.2. The molecule has 2 rings (SSSR count). The standard InChI is InChI=1S/C17H18FNO2/c1-3-21-16-9-7-13(8-10-16)17(20)12-19(2)15-6-4-5-14(18)11-15/h4-11H,3,12H2,1-2H3. The number of nitrogens with zero attached hydrogens (tertiary/aromatic N) is 1. The third-order valence-electron chi connectivity index (χ3n) is 3.12. The summed E-state index contributed by atoms with van der Waals surface area (Å²) in [6.45, 7) is 2.69. The number of benzene rings is 2. The summed E-state index contributed by atoms with van der Waals surface area (Å²) >= 11 is 0. The number of ketones is 1. The summed E-state index contributed by atoms with van der Waals surface area (Å²) in [5.41, 5.74) is 1.29.